The Morgan fingerprint density at radius 2 is 1.60 bits per heavy atom. The van der Waals surface area contributed by atoms with Gasteiger partial charge in [0.05, 0.1) is 11.5 Å². The minimum absolute atomic E-state index is 0.169. The maximum Gasteiger partial charge on any atom is 0.416 e. The Morgan fingerprint density at radius 1 is 0.967 bits per heavy atom. The molecule has 3 aromatic rings. The highest BCUT2D eigenvalue weighted by Gasteiger charge is 2.30. The molecule has 1 unspecified atom stereocenters. The Morgan fingerprint density at radius 3 is 2.10 bits per heavy atom. The van der Waals surface area contributed by atoms with Crippen LogP contribution in [0.1, 0.15) is 37.3 Å². The number of hydrogen-bond donors (Lipinski definition) is 1. The zero-order valence-electron chi connectivity index (χ0n) is 16.6. The summed E-state index contributed by atoms with van der Waals surface area (Å²) in [6, 6.07) is 14.0. The average molecular weight is 413 g/mol. The molecule has 1 aromatic heterocycles. The maximum absolute atomic E-state index is 12.9. The van der Waals surface area contributed by atoms with Crippen molar-refractivity contribution in [2.24, 2.45) is 5.92 Å². The van der Waals surface area contributed by atoms with Crippen molar-refractivity contribution in [3.05, 3.63) is 78.1 Å². The molecule has 0 bridgehead atoms. The lowest BCUT2D eigenvalue weighted by Gasteiger charge is -2.18. The second-order valence-electron chi connectivity index (χ2n) is 7.68. The van der Waals surface area contributed by atoms with Crippen LogP contribution < -0.4 is 0 Å². The fourth-order valence-corrected chi connectivity index (χ4v) is 3.42. The van der Waals surface area contributed by atoms with Gasteiger partial charge in [0.1, 0.15) is 0 Å². The lowest BCUT2D eigenvalue weighted by Crippen LogP contribution is -2.14. The number of pyridine rings is 1. The third kappa shape index (κ3) is 5.06. The smallest absolute Gasteiger partial charge is 0.416 e. The summed E-state index contributed by atoms with van der Waals surface area (Å²) < 4.78 is 38.7. The van der Waals surface area contributed by atoms with Gasteiger partial charge in [0, 0.05) is 18.0 Å². The van der Waals surface area contributed by atoms with Gasteiger partial charge in [0.2, 0.25) is 0 Å². The second kappa shape index (κ2) is 8.69. The van der Waals surface area contributed by atoms with Crippen molar-refractivity contribution in [1.29, 1.82) is 0 Å². The Labute approximate surface area is 173 Å². The number of carbonyl (C=O) groups is 1. The van der Waals surface area contributed by atoms with Gasteiger partial charge < -0.3 is 5.11 Å². The zero-order valence-corrected chi connectivity index (χ0v) is 16.6. The first-order valence-corrected chi connectivity index (χ1v) is 9.61. The van der Waals surface area contributed by atoms with E-state index < -0.39 is 23.6 Å². The number of rotatable bonds is 6. The van der Waals surface area contributed by atoms with E-state index in [0.29, 0.717) is 23.1 Å². The summed E-state index contributed by atoms with van der Waals surface area (Å²) in [5, 5.41) is 9.79. The highest BCUT2D eigenvalue weighted by Crippen LogP contribution is 2.35. The van der Waals surface area contributed by atoms with Crippen molar-refractivity contribution >= 4 is 5.97 Å². The molecule has 156 valence electrons. The van der Waals surface area contributed by atoms with Crippen LogP contribution in [0.4, 0.5) is 13.2 Å². The molecular weight excluding hydrogens is 391 g/mol. The van der Waals surface area contributed by atoms with Gasteiger partial charge in [0.25, 0.3) is 0 Å². The van der Waals surface area contributed by atoms with Crippen molar-refractivity contribution < 1.29 is 23.1 Å². The summed E-state index contributed by atoms with van der Waals surface area (Å²) >= 11 is 0. The largest absolute Gasteiger partial charge is 0.481 e. The van der Waals surface area contributed by atoms with Gasteiger partial charge >= 0.3 is 12.1 Å². The van der Waals surface area contributed by atoms with Gasteiger partial charge in [-0.05, 0) is 58.9 Å². The maximum atomic E-state index is 12.9. The number of nitrogens with zero attached hydrogens (tertiary/aromatic N) is 1. The standard InChI is InChI=1S/C24H22F3NO2/c1-15(2)10-22(23(29)30)20-12-18(11-19(13-20)17-4-3-9-28-14-17)16-5-7-21(8-6-16)24(25,26)27/h3-9,11-15,22H,10H2,1-2H3,(H,29,30). The van der Waals surface area contributed by atoms with Crippen LogP contribution in [0, 0.1) is 5.92 Å². The number of carboxylic acids is 1. The minimum Gasteiger partial charge on any atom is -0.481 e. The number of carboxylic acid groups (broad SMARTS) is 1. The van der Waals surface area contributed by atoms with E-state index in [9.17, 15) is 23.1 Å². The molecule has 6 heteroatoms. The summed E-state index contributed by atoms with van der Waals surface area (Å²) in [5.74, 6) is -1.47. The summed E-state index contributed by atoms with van der Waals surface area (Å²) in [5.41, 5.74) is 2.72. The summed E-state index contributed by atoms with van der Waals surface area (Å²) in [7, 11) is 0. The molecule has 2 aromatic carbocycles. The van der Waals surface area contributed by atoms with Crippen molar-refractivity contribution in [3.8, 4) is 22.3 Å². The Balaban J connectivity index is 2.13. The number of hydrogen-bond acceptors (Lipinski definition) is 2. The molecule has 1 N–H and O–H groups in total. The SMILES string of the molecule is CC(C)CC(C(=O)O)c1cc(-c2ccc(C(F)(F)F)cc2)cc(-c2cccnc2)c1. The Kier molecular flexibility index (Phi) is 6.25. The average Bonchev–Trinajstić information content (AvgIpc) is 2.71. The lowest BCUT2D eigenvalue weighted by atomic mass is 9.86. The van der Waals surface area contributed by atoms with Crippen LogP contribution in [-0.4, -0.2) is 16.1 Å². The topological polar surface area (TPSA) is 50.2 Å². The van der Waals surface area contributed by atoms with Crippen LogP contribution >= 0.6 is 0 Å². The van der Waals surface area contributed by atoms with Gasteiger partial charge in [-0.25, -0.2) is 0 Å². The van der Waals surface area contributed by atoms with Crippen LogP contribution in [0.2, 0.25) is 0 Å². The number of benzene rings is 2. The molecule has 30 heavy (non-hydrogen) atoms. The van der Waals surface area contributed by atoms with Crippen molar-refractivity contribution in [2.75, 3.05) is 0 Å². The molecule has 0 aliphatic heterocycles. The Hall–Kier alpha value is -3.15. The molecular formula is C24H22F3NO2. The predicted octanol–water partition coefficient (Wildman–Crippen LogP) is 6.65. The molecule has 0 fully saturated rings. The quantitative estimate of drug-likeness (QED) is 0.492. The Bertz CT molecular complexity index is 1010. The van der Waals surface area contributed by atoms with Crippen molar-refractivity contribution in [2.45, 2.75) is 32.4 Å². The van der Waals surface area contributed by atoms with Gasteiger partial charge in [-0.2, -0.15) is 13.2 Å². The van der Waals surface area contributed by atoms with Crippen LogP contribution in [0.5, 0.6) is 0 Å². The van der Waals surface area contributed by atoms with Crippen molar-refractivity contribution in [1.82, 2.24) is 4.98 Å². The van der Waals surface area contributed by atoms with Gasteiger partial charge in [-0.1, -0.05) is 44.2 Å². The minimum atomic E-state index is -4.41. The second-order valence-corrected chi connectivity index (χ2v) is 7.68. The van der Waals surface area contributed by atoms with Crippen LogP contribution in [0.15, 0.2) is 67.0 Å². The van der Waals surface area contributed by atoms with E-state index in [4.69, 9.17) is 0 Å². The van der Waals surface area contributed by atoms with E-state index in [1.54, 1.807) is 24.5 Å². The number of aliphatic carboxylic acids is 1. The molecule has 0 spiro atoms. The molecule has 0 aliphatic rings. The molecule has 0 radical (unpaired) electrons. The first-order chi connectivity index (χ1) is 14.1. The summed E-state index contributed by atoms with van der Waals surface area (Å²) in [6.45, 7) is 3.91. The van der Waals surface area contributed by atoms with E-state index in [0.717, 1.165) is 23.3 Å². The monoisotopic (exact) mass is 413 g/mol. The molecule has 1 atom stereocenters. The van der Waals surface area contributed by atoms with Crippen LogP contribution in [-0.2, 0) is 11.0 Å². The number of halogens is 3. The van der Waals surface area contributed by atoms with E-state index in [1.165, 1.54) is 12.1 Å². The van der Waals surface area contributed by atoms with Crippen LogP contribution in [0.3, 0.4) is 0 Å². The summed E-state index contributed by atoms with van der Waals surface area (Å²) in [6.07, 6.45) is -0.637. The number of aromatic nitrogens is 1. The first-order valence-electron chi connectivity index (χ1n) is 9.61. The van der Waals surface area contributed by atoms with Crippen molar-refractivity contribution in [3.63, 3.8) is 0 Å². The fraction of sp³-hybridized carbons (Fsp3) is 0.250. The highest BCUT2D eigenvalue weighted by atomic mass is 19.4. The normalized spacial score (nSPS) is 12.7. The molecule has 3 nitrogen and oxygen atoms in total. The zero-order chi connectivity index (χ0) is 21.9. The predicted molar refractivity (Wildman–Crippen MR) is 110 cm³/mol. The number of alkyl halides is 3. The molecule has 0 saturated carbocycles. The van der Waals surface area contributed by atoms with Gasteiger partial charge in [-0.3, -0.25) is 9.78 Å². The third-order valence-electron chi connectivity index (χ3n) is 4.90. The van der Waals surface area contributed by atoms with Gasteiger partial charge in [-0.15, -0.1) is 0 Å². The molecule has 0 aliphatic carbocycles. The summed E-state index contributed by atoms with van der Waals surface area (Å²) in [4.78, 5) is 16.1. The molecule has 0 saturated heterocycles. The van der Waals surface area contributed by atoms with E-state index in [1.807, 2.05) is 32.0 Å². The third-order valence-corrected chi connectivity index (χ3v) is 4.90. The molecule has 3 rings (SSSR count). The van der Waals surface area contributed by atoms with E-state index >= 15 is 0 Å². The van der Waals surface area contributed by atoms with E-state index in [-0.39, 0.29) is 5.92 Å². The van der Waals surface area contributed by atoms with Gasteiger partial charge in [0.15, 0.2) is 0 Å². The molecule has 0 amide bonds. The fourth-order valence-electron chi connectivity index (χ4n) is 3.42. The lowest BCUT2D eigenvalue weighted by molar-refractivity contribution is -0.139. The van der Waals surface area contributed by atoms with E-state index in [2.05, 4.69) is 4.98 Å². The highest BCUT2D eigenvalue weighted by molar-refractivity contribution is 5.80. The molecule has 1 heterocycles. The van der Waals surface area contributed by atoms with Crippen LogP contribution in [0.25, 0.3) is 22.3 Å². The first kappa shape index (κ1) is 21.6.